The molecule has 0 spiro atoms. The minimum absolute atomic E-state index is 0.129. The van der Waals surface area contributed by atoms with Crippen LogP contribution in [0, 0.1) is 0 Å². The molecule has 1 N–H and O–H groups in total. The fourth-order valence-corrected chi connectivity index (χ4v) is 1.77. The van der Waals surface area contributed by atoms with Gasteiger partial charge >= 0.3 is 6.18 Å². The highest BCUT2D eigenvalue weighted by molar-refractivity contribution is 5.40. The fourth-order valence-electron chi connectivity index (χ4n) is 1.77. The third-order valence-electron chi connectivity index (χ3n) is 2.89. The van der Waals surface area contributed by atoms with Gasteiger partial charge < -0.3 is 10.2 Å². The average Bonchev–Trinajstić information content (AvgIpc) is 2.36. The second-order valence-electron chi connectivity index (χ2n) is 4.50. The number of aromatic nitrogens is 1. The van der Waals surface area contributed by atoms with Gasteiger partial charge in [-0.2, -0.15) is 13.2 Å². The summed E-state index contributed by atoms with van der Waals surface area (Å²) >= 11 is 0. The van der Waals surface area contributed by atoms with E-state index in [4.69, 9.17) is 0 Å². The van der Waals surface area contributed by atoms with E-state index in [9.17, 15) is 13.2 Å². The normalized spacial score (nSPS) is 13.4. The number of anilines is 1. The van der Waals surface area contributed by atoms with Crippen molar-refractivity contribution in [2.24, 2.45) is 0 Å². The Labute approximate surface area is 111 Å². The van der Waals surface area contributed by atoms with Gasteiger partial charge in [0.05, 0.1) is 0 Å². The molecule has 0 aliphatic rings. The average molecular weight is 275 g/mol. The van der Waals surface area contributed by atoms with E-state index in [2.05, 4.69) is 10.3 Å². The number of pyridine rings is 1. The lowest BCUT2D eigenvalue weighted by Gasteiger charge is -2.24. The van der Waals surface area contributed by atoms with Crippen LogP contribution in [-0.4, -0.2) is 31.3 Å². The van der Waals surface area contributed by atoms with Crippen molar-refractivity contribution in [2.75, 3.05) is 25.0 Å². The van der Waals surface area contributed by atoms with Crippen molar-refractivity contribution in [3.05, 3.63) is 23.9 Å². The van der Waals surface area contributed by atoms with Gasteiger partial charge in [-0.1, -0.05) is 13.0 Å². The van der Waals surface area contributed by atoms with Gasteiger partial charge in [0.25, 0.3) is 0 Å². The first-order chi connectivity index (χ1) is 8.87. The topological polar surface area (TPSA) is 28.2 Å². The van der Waals surface area contributed by atoms with Crippen molar-refractivity contribution in [3.63, 3.8) is 0 Å². The summed E-state index contributed by atoms with van der Waals surface area (Å²) in [6, 6.07) is 3.58. The van der Waals surface area contributed by atoms with Crippen LogP contribution in [0.25, 0.3) is 0 Å². The van der Waals surface area contributed by atoms with Gasteiger partial charge in [0, 0.05) is 18.8 Å². The molecule has 0 bridgehead atoms. The van der Waals surface area contributed by atoms with Gasteiger partial charge in [-0.25, -0.2) is 4.98 Å². The molecule has 19 heavy (non-hydrogen) atoms. The Morgan fingerprint density at radius 3 is 2.47 bits per heavy atom. The van der Waals surface area contributed by atoms with Crippen LogP contribution in [0.3, 0.4) is 0 Å². The van der Waals surface area contributed by atoms with Crippen molar-refractivity contribution in [1.29, 1.82) is 0 Å². The molecule has 0 amide bonds. The zero-order valence-electron chi connectivity index (χ0n) is 11.5. The predicted molar refractivity (Wildman–Crippen MR) is 70.3 cm³/mol. The van der Waals surface area contributed by atoms with E-state index >= 15 is 0 Å². The van der Waals surface area contributed by atoms with E-state index < -0.39 is 12.7 Å². The Hall–Kier alpha value is -1.30. The van der Waals surface area contributed by atoms with Gasteiger partial charge in [-0.15, -0.1) is 0 Å². The largest absolute Gasteiger partial charge is 0.405 e. The Kier molecular flexibility index (Phi) is 5.60. The summed E-state index contributed by atoms with van der Waals surface area (Å²) < 4.78 is 37.5. The molecule has 1 heterocycles. The molecular weight excluding hydrogens is 255 g/mol. The first kappa shape index (κ1) is 15.8. The number of alkyl halides is 3. The van der Waals surface area contributed by atoms with Crippen molar-refractivity contribution in [3.8, 4) is 0 Å². The van der Waals surface area contributed by atoms with Crippen molar-refractivity contribution in [1.82, 2.24) is 10.3 Å². The zero-order valence-corrected chi connectivity index (χ0v) is 11.5. The molecule has 6 heteroatoms. The van der Waals surface area contributed by atoms with Crippen LogP contribution in [-0.2, 0) is 0 Å². The maximum Gasteiger partial charge on any atom is 0.405 e. The fraction of sp³-hybridized carbons (Fsp3) is 0.615. The molecule has 1 unspecified atom stereocenters. The third-order valence-corrected chi connectivity index (χ3v) is 2.89. The molecule has 0 aromatic carbocycles. The maximum absolute atomic E-state index is 12.5. The number of rotatable bonds is 6. The molecule has 3 nitrogen and oxygen atoms in total. The van der Waals surface area contributed by atoms with E-state index in [1.54, 1.807) is 12.3 Å². The maximum atomic E-state index is 12.5. The number of nitrogens with one attached hydrogen (secondary N) is 1. The Balaban J connectivity index is 2.85. The highest BCUT2D eigenvalue weighted by atomic mass is 19.4. The minimum Gasteiger partial charge on any atom is -0.348 e. The van der Waals surface area contributed by atoms with Gasteiger partial charge in [0.1, 0.15) is 12.4 Å². The number of hydrogen-bond donors (Lipinski definition) is 1. The number of nitrogens with zero attached hydrogens (tertiary/aromatic N) is 2. The first-order valence-electron chi connectivity index (χ1n) is 6.32. The summed E-state index contributed by atoms with van der Waals surface area (Å²) in [4.78, 5) is 5.39. The summed E-state index contributed by atoms with van der Waals surface area (Å²) in [7, 11) is 1.83. The molecular formula is C13H20F3N3. The van der Waals surface area contributed by atoms with Crippen LogP contribution in [0.5, 0.6) is 0 Å². The van der Waals surface area contributed by atoms with Gasteiger partial charge in [-0.3, -0.25) is 0 Å². The van der Waals surface area contributed by atoms with Gasteiger partial charge in [0.2, 0.25) is 0 Å². The van der Waals surface area contributed by atoms with Crippen LogP contribution >= 0.6 is 0 Å². The van der Waals surface area contributed by atoms with Crippen molar-refractivity contribution < 1.29 is 13.2 Å². The number of hydrogen-bond acceptors (Lipinski definition) is 3. The van der Waals surface area contributed by atoms with Gasteiger partial charge in [-0.05, 0) is 32.0 Å². The molecule has 0 aliphatic heterocycles. The second-order valence-corrected chi connectivity index (χ2v) is 4.50. The molecule has 1 atom stereocenters. The molecule has 1 aromatic heterocycles. The van der Waals surface area contributed by atoms with Gasteiger partial charge in [0.15, 0.2) is 0 Å². The van der Waals surface area contributed by atoms with E-state index in [-0.39, 0.29) is 6.04 Å². The highest BCUT2D eigenvalue weighted by Gasteiger charge is 2.31. The van der Waals surface area contributed by atoms with Crippen LogP contribution in [0.2, 0.25) is 0 Å². The van der Waals surface area contributed by atoms with Crippen molar-refractivity contribution in [2.45, 2.75) is 32.5 Å². The van der Waals surface area contributed by atoms with Crippen LogP contribution in [0.15, 0.2) is 18.3 Å². The first-order valence-corrected chi connectivity index (χ1v) is 6.32. The van der Waals surface area contributed by atoms with E-state index in [1.807, 2.05) is 27.0 Å². The molecule has 0 aliphatic carbocycles. The van der Waals surface area contributed by atoms with E-state index in [0.29, 0.717) is 18.8 Å². The molecule has 0 fully saturated rings. The molecule has 1 rings (SSSR count). The summed E-state index contributed by atoms with van der Waals surface area (Å²) in [6.07, 6.45) is -1.95. The summed E-state index contributed by atoms with van der Waals surface area (Å²) in [5, 5.41) is 3.06. The SMILES string of the molecule is CCCN(CC(F)(F)F)c1ccc(C(C)NC)cn1. The third kappa shape index (κ3) is 5.06. The Bertz CT molecular complexity index is 376. The lowest BCUT2D eigenvalue weighted by molar-refractivity contribution is -0.119. The van der Waals surface area contributed by atoms with E-state index in [1.165, 1.54) is 4.90 Å². The molecule has 1 aromatic rings. The zero-order chi connectivity index (χ0) is 14.5. The quantitative estimate of drug-likeness (QED) is 0.864. The predicted octanol–water partition coefficient (Wildman–Crippen LogP) is 3.14. The second kappa shape index (κ2) is 6.75. The summed E-state index contributed by atoms with van der Waals surface area (Å²) in [6.45, 7) is 3.19. The molecule has 0 radical (unpaired) electrons. The highest BCUT2D eigenvalue weighted by Crippen LogP contribution is 2.22. The summed E-state index contributed by atoms with van der Waals surface area (Å²) in [5.41, 5.74) is 0.953. The lowest BCUT2D eigenvalue weighted by Crippen LogP contribution is -2.35. The smallest absolute Gasteiger partial charge is 0.348 e. The monoisotopic (exact) mass is 275 g/mol. The molecule has 0 saturated heterocycles. The van der Waals surface area contributed by atoms with Crippen LogP contribution in [0.1, 0.15) is 31.9 Å². The Morgan fingerprint density at radius 1 is 1.37 bits per heavy atom. The minimum atomic E-state index is -4.21. The van der Waals surface area contributed by atoms with Crippen LogP contribution in [0.4, 0.5) is 19.0 Å². The standard InChI is InChI=1S/C13H20F3N3/c1-4-7-19(9-13(14,15)16)12-6-5-11(8-18-12)10(2)17-3/h5-6,8,10,17H,4,7,9H2,1-3H3. The Morgan fingerprint density at radius 2 is 2.05 bits per heavy atom. The lowest BCUT2D eigenvalue weighted by atomic mass is 10.1. The van der Waals surface area contributed by atoms with Crippen molar-refractivity contribution >= 4 is 5.82 Å². The van der Waals surface area contributed by atoms with Crippen LogP contribution < -0.4 is 10.2 Å². The molecule has 108 valence electrons. The van der Waals surface area contributed by atoms with E-state index in [0.717, 1.165) is 5.56 Å². The number of halogens is 3. The summed E-state index contributed by atoms with van der Waals surface area (Å²) in [5.74, 6) is 0.367. The molecule has 0 saturated carbocycles.